The molecule has 1 aliphatic carbocycles. The molecule has 90 valence electrons. The van der Waals surface area contributed by atoms with Gasteiger partial charge in [-0.05, 0) is 45.1 Å². The smallest absolute Gasteiger partial charge is 0.230 e. The van der Waals surface area contributed by atoms with Crippen LogP contribution in [0.3, 0.4) is 0 Å². The van der Waals surface area contributed by atoms with Crippen molar-refractivity contribution >= 4 is 5.91 Å². The average Bonchev–Trinajstić information content (AvgIpc) is 2.27. The van der Waals surface area contributed by atoms with Crippen LogP contribution >= 0.6 is 0 Å². The zero-order valence-electron chi connectivity index (χ0n) is 10.2. The summed E-state index contributed by atoms with van der Waals surface area (Å²) < 4.78 is 0. The van der Waals surface area contributed by atoms with E-state index in [4.69, 9.17) is 0 Å². The summed E-state index contributed by atoms with van der Waals surface area (Å²) in [5, 5.41) is 0. The van der Waals surface area contributed by atoms with Crippen molar-refractivity contribution < 1.29 is 4.79 Å². The van der Waals surface area contributed by atoms with Gasteiger partial charge in [0.1, 0.15) is 0 Å². The maximum absolute atomic E-state index is 12.6. The number of nitrogens with zero attached hydrogens (tertiary/aromatic N) is 2. The van der Waals surface area contributed by atoms with Gasteiger partial charge >= 0.3 is 0 Å². The SMILES string of the molecule is CN1CC2CC(C(=O)N3CCCCC3)(C2)C1. The highest BCUT2D eigenvalue weighted by molar-refractivity contribution is 5.84. The van der Waals surface area contributed by atoms with Gasteiger partial charge in [0.2, 0.25) is 5.91 Å². The van der Waals surface area contributed by atoms with Crippen LogP contribution in [0.4, 0.5) is 0 Å². The van der Waals surface area contributed by atoms with Gasteiger partial charge in [0.05, 0.1) is 5.41 Å². The van der Waals surface area contributed by atoms with Gasteiger partial charge in [-0.2, -0.15) is 0 Å². The fourth-order valence-electron chi connectivity index (χ4n) is 4.00. The molecule has 0 aromatic carbocycles. The molecular weight excluding hydrogens is 200 g/mol. The van der Waals surface area contributed by atoms with Crippen molar-refractivity contribution in [1.82, 2.24) is 9.80 Å². The second kappa shape index (κ2) is 3.73. The first-order chi connectivity index (χ1) is 7.70. The predicted octanol–water partition coefficient (Wildman–Crippen LogP) is 1.34. The molecule has 3 saturated heterocycles. The third-order valence-electron chi connectivity index (χ3n) is 4.60. The lowest BCUT2D eigenvalue weighted by atomic mass is 9.58. The molecule has 0 aromatic heterocycles. The molecule has 0 unspecified atom stereocenters. The summed E-state index contributed by atoms with van der Waals surface area (Å²) in [7, 11) is 2.16. The largest absolute Gasteiger partial charge is 0.342 e. The molecule has 3 heteroatoms. The number of likely N-dealkylation sites (tertiary alicyclic amines) is 1. The Hall–Kier alpha value is -0.570. The van der Waals surface area contributed by atoms with E-state index in [1.54, 1.807) is 0 Å². The van der Waals surface area contributed by atoms with E-state index in [1.165, 1.54) is 25.8 Å². The molecule has 4 aliphatic rings. The van der Waals surface area contributed by atoms with Gasteiger partial charge in [-0.1, -0.05) is 0 Å². The maximum Gasteiger partial charge on any atom is 0.230 e. The Morgan fingerprint density at radius 1 is 1.19 bits per heavy atom. The summed E-state index contributed by atoms with van der Waals surface area (Å²) >= 11 is 0. The molecule has 1 amide bonds. The molecule has 4 rings (SSSR count). The van der Waals surface area contributed by atoms with Crippen LogP contribution in [0.5, 0.6) is 0 Å². The molecule has 0 atom stereocenters. The van der Waals surface area contributed by atoms with E-state index in [1.807, 2.05) is 0 Å². The minimum atomic E-state index is 0.0228. The fraction of sp³-hybridized carbons (Fsp3) is 0.923. The van der Waals surface area contributed by atoms with E-state index in [-0.39, 0.29) is 5.41 Å². The van der Waals surface area contributed by atoms with Gasteiger partial charge in [0, 0.05) is 26.2 Å². The van der Waals surface area contributed by atoms with Crippen molar-refractivity contribution in [3.63, 3.8) is 0 Å². The van der Waals surface area contributed by atoms with Crippen LogP contribution in [-0.2, 0) is 4.79 Å². The molecule has 1 saturated carbocycles. The van der Waals surface area contributed by atoms with Crippen molar-refractivity contribution in [3.05, 3.63) is 0 Å². The Bertz CT molecular complexity index is 290. The minimum absolute atomic E-state index is 0.0228. The van der Waals surface area contributed by atoms with Gasteiger partial charge in [-0.3, -0.25) is 4.79 Å². The first kappa shape index (κ1) is 10.6. The standard InChI is InChI=1S/C13H22N2O/c1-14-9-11-7-13(8-11,10-14)12(16)15-5-3-2-4-6-15/h11H,2-10H2,1H3. The normalized spacial score (nSPS) is 39.3. The summed E-state index contributed by atoms with van der Waals surface area (Å²) in [4.78, 5) is 17.0. The summed E-state index contributed by atoms with van der Waals surface area (Å²) in [6.45, 7) is 4.22. The summed E-state index contributed by atoms with van der Waals surface area (Å²) in [5.41, 5.74) is 0.0228. The highest BCUT2D eigenvalue weighted by atomic mass is 16.2. The monoisotopic (exact) mass is 222 g/mol. The minimum Gasteiger partial charge on any atom is -0.342 e. The van der Waals surface area contributed by atoms with E-state index in [9.17, 15) is 4.79 Å². The molecule has 2 bridgehead atoms. The lowest BCUT2D eigenvalue weighted by Crippen LogP contribution is -2.62. The number of fused-ring (bicyclic) bond motifs is 2. The summed E-state index contributed by atoms with van der Waals surface area (Å²) in [6.07, 6.45) is 6.04. The van der Waals surface area contributed by atoms with E-state index in [0.29, 0.717) is 5.91 Å². The van der Waals surface area contributed by atoms with E-state index >= 15 is 0 Å². The number of carbonyl (C=O) groups is 1. The number of piperidine rings is 3. The fourth-order valence-corrected chi connectivity index (χ4v) is 4.00. The third-order valence-corrected chi connectivity index (χ3v) is 4.60. The predicted molar refractivity (Wildman–Crippen MR) is 63.1 cm³/mol. The lowest BCUT2D eigenvalue weighted by Gasteiger charge is -2.56. The Kier molecular flexibility index (Phi) is 2.46. The summed E-state index contributed by atoms with van der Waals surface area (Å²) in [5.74, 6) is 1.27. The quantitative estimate of drug-likeness (QED) is 0.668. The topological polar surface area (TPSA) is 23.6 Å². The van der Waals surface area contributed by atoms with E-state index < -0.39 is 0 Å². The van der Waals surface area contributed by atoms with Crippen LogP contribution in [0, 0.1) is 11.3 Å². The van der Waals surface area contributed by atoms with E-state index in [2.05, 4.69) is 16.8 Å². The van der Waals surface area contributed by atoms with Crippen LogP contribution < -0.4 is 0 Å². The van der Waals surface area contributed by atoms with Gasteiger partial charge in [0.15, 0.2) is 0 Å². The Morgan fingerprint density at radius 2 is 1.88 bits per heavy atom. The Balaban J connectivity index is 1.69. The zero-order chi connectivity index (χ0) is 11.2. The van der Waals surface area contributed by atoms with Crippen LogP contribution in [0.25, 0.3) is 0 Å². The molecule has 0 N–H and O–H groups in total. The van der Waals surface area contributed by atoms with Crippen LogP contribution in [0.2, 0.25) is 0 Å². The Morgan fingerprint density at radius 3 is 2.50 bits per heavy atom. The molecule has 0 spiro atoms. The molecule has 3 heterocycles. The molecular formula is C13H22N2O. The molecule has 0 aromatic rings. The van der Waals surface area contributed by atoms with Gasteiger partial charge < -0.3 is 9.80 Å². The zero-order valence-corrected chi connectivity index (χ0v) is 10.2. The van der Waals surface area contributed by atoms with Crippen molar-refractivity contribution in [1.29, 1.82) is 0 Å². The van der Waals surface area contributed by atoms with Crippen molar-refractivity contribution in [3.8, 4) is 0 Å². The number of rotatable bonds is 1. The molecule has 16 heavy (non-hydrogen) atoms. The highest BCUT2D eigenvalue weighted by Crippen LogP contribution is 2.51. The van der Waals surface area contributed by atoms with Crippen molar-refractivity contribution in [2.45, 2.75) is 32.1 Å². The maximum atomic E-state index is 12.6. The summed E-state index contributed by atoms with van der Waals surface area (Å²) in [6, 6.07) is 0. The molecule has 0 radical (unpaired) electrons. The van der Waals surface area contributed by atoms with E-state index in [0.717, 1.165) is 38.4 Å². The van der Waals surface area contributed by atoms with Gasteiger partial charge in [-0.15, -0.1) is 0 Å². The lowest BCUT2D eigenvalue weighted by molar-refractivity contribution is -0.161. The second-order valence-corrected chi connectivity index (χ2v) is 6.10. The molecule has 3 aliphatic heterocycles. The highest BCUT2D eigenvalue weighted by Gasteiger charge is 2.55. The third kappa shape index (κ3) is 1.56. The van der Waals surface area contributed by atoms with Gasteiger partial charge in [-0.25, -0.2) is 0 Å². The average molecular weight is 222 g/mol. The van der Waals surface area contributed by atoms with Gasteiger partial charge in [0.25, 0.3) is 0 Å². The van der Waals surface area contributed by atoms with Crippen LogP contribution in [0.15, 0.2) is 0 Å². The number of hydrogen-bond donors (Lipinski definition) is 0. The molecule has 4 fully saturated rings. The molecule has 3 nitrogen and oxygen atoms in total. The Labute approximate surface area is 97.8 Å². The van der Waals surface area contributed by atoms with Crippen LogP contribution in [-0.4, -0.2) is 48.9 Å². The first-order valence-corrected chi connectivity index (χ1v) is 6.68. The number of carbonyl (C=O) groups excluding carboxylic acids is 1. The second-order valence-electron chi connectivity index (χ2n) is 6.10. The number of hydrogen-bond acceptors (Lipinski definition) is 2. The van der Waals surface area contributed by atoms with Crippen molar-refractivity contribution in [2.75, 3.05) is 33.2 Å². The van der Waals surface area contributed by atoms with Crippen LogP contribution in [0.1, 0.15) is 32.1 Å². The first-order valence-electron chi connectivity index (χ1n) is 6.68. The number of amides is 1. The van der Waals surface area contributed by atoms with Crippen molar-refractivity contribution in [2.24, 2.45) is 11.3 Å².